The Labute approximate surface area is 142 Å². The Morgan fingerprint density at radius 3 is 2.33 bits per heavy atom. The number of nitrogens with one attached hydrogen (secondary N) is 1. The third-order valence-corrected chi connectivity index (χ3v) is 3.29. The van der Waals surface area contributed by atoms with Crippen LogP contribution < -0.4 is 19.5 Å². The van der Waals surface area contributed by atoms with Gasteiger partial charge in [-0.15, -0.1) is 0 Å². The van der Waals surface area contributed by atoms with E-state index in [0.717, 1.165) is 0 Å². The van der Waals surface area contributed by atoms with Gasteiger partial charge in [0.25, 0.3) is 5.91 Å². The summed E-state index contributed by atoms with van der Waals surface area (Å²) in [6.07, 6.45) is 0. The van der Waals surface area contributed by atoms with Crippen LogP contribution in [0.3, 0.4) is 0 Å². The van der Waals surface area contributed by atoms with E-state index in [1.807, 2.05) is 0 Å². The van der Waals surface area contributed by atoms with Gasteiger partial charge in [-0.3, -0.25) is 4.79 Å². The molecule has 0 heterocycles. The first-order valence-corrected chi connectivity index (χ1v) is 7.10. The van der Waals surface area contributed by atoms with E-state index in [2.05, 4.69) is 10.1 Å². The van der Waals surface area contributed by atoms with Crippen molar-refractivity contribution in [3.63, 3.8) is 0 Å². The number of hydrogen-bond acceptors (Lipinski definition) is 4. The number of benzene rings is 2. The number of methoxy groups -OCH3 is 2. The first-order valence-electron chi connectivity index (χ1n) is 6.72. The normalized spacial score (nSPS) is 10.4. The van der Waals surface area contributed by atoms with E-state index in [-0.39, 0.29) is 17.1 Å². The molecule has 0 aliphatic heterocycles. The lowest BCUT2D eigenvalue weighted by molar-refractivity contribution is -0.0512. The summed E-state index contributed by atoms with van der Waals surface area (Å²) in [5.41, 5.74) is 0.567. The first kappa shape index (κ1) is 17.8. The second-order valence-electron chi connectivity index (χ2n) is 4.54. The standard InChI is InChI=1S/C16H14ClF2NO4/c1-22-12-6-4-10(17)8-11(12)20-15(21)9-3-5-13(24-16(18)19)14(7-9)23-2/h3-8,16H,1-2H3,(H,20,21). The Balaban J connectivity index is 2.25. The van der Waals surface area contributed by atoms with Crippen LogP contribution in [0.1, 0.15) is 10.4 Å². The van der Waals surface area contributed by atoms with Crippen molar-refractivity contribution in [2.24, 2.45) is 0 Å². The fourth-order valence-electron chi connectivity index (χ4n) is 1.97. The number of amides is 1. The van der Waals surface area contributed by atoms with Crippen molar-refractivity contribution >= 4 is 23.2 Å². The molecule has 24 heavy (non-hydrogen) atoms. The van der Waals surface area contributed by atoms with Gasteiger partial charge >= 0.3 is 6.61 Å². The molecular formula is C16H14ClF2NO4. The minimum atomic E-state index is -2.99. The van der Waals surface area contributed by atoms with Crippen LogP contribution >= 0.6 is 11.6 Å². The molecule has 0 aromatic heterocycles. The molecule has 2 aromatic carbocycles. The van der Waals surface area contributed by atoms with E-state index in [1.165, 1.54) is 38.5 Å². The summed E-state index contributed by atoms with van der Waals surface area (Å²) in [5, 5.41) is 3.06. The fourth-order valence-corrected chi connectivity index (χ4v) is 2.15. The molecule has 2 aromatic rings. The number of halogens is 3. The highest BCUT2D eigenvalue weighted by Crippen LogP contribution is 2.31. The third kappa shape index (κ3) is 4.26. The van der Waals surface area contributed by atoms with E-state index in [0.29, 0.717) is 16.5 Å². The Kier molecular flexibility index (Phi) is 5.81. The van der Waals surface area contributed by atoms with Crippen molar-refractivity contribution in [3.05, 3.63) is 47.0 Å². The summed E-state index contributed by atoms with van der Waals surface area (Å²) < 4.78 is 39.1. The highest BCUT2D eigenvalue weighted by molar-refractivity contribution is 6.31. The molecule has 0 saturated carbocycles. The minimum absolute atomic E-state index is 0.0148. The van der Waals surface area contributed by atoms with Crippen molar-refractivity contribution in [1.29, 1.82) is 0 Å². The average Bonchev–Trinajstić information content (AvgIpc) is 2.54. The van der Waals surface area contributed by atoms with Crippen molar-refractivity contribution in [3.8, 4) is 17.2 Å². The lowest BCUT2D eigenvalue weighted by Gasteiger charge is -2.13. The van der Waals surface area contributed by atoms with Crippen LogP contribution in [0.25, 0.3) is 0 Å². The SMILES string of the molecule is COc1ccc(Cl)cc1NC(=O)c1ccc(OC(F)F)c(OC)c1. The van der Waals surface area contributed by atoms with Crippen LogP contribution in [0.2, 0.25) is 5.02 Å². The van der Waals surface area contributed by atoms with Gasteiger partial charge in [0.2, 0.25) is 0 Å². The molecule has 0 aliphatic rings. The number of rotatable bonds is 6. The van der Waals surface area contributed by atoms with Gasteiger partial charge in [0.05, 0.1) is 19.9 Å². The highest BCUT2D eigenvalue weighted by Gasteiger charge is 2.15. The Bertz CT molecular complexity index is 740. The zero-order valence-electron chi connectivity index (χ0n) is 12.8. The molecule has 1 N–H and O–H groups in total. The molecule has 0 bridgehead atoms. The molecule has 0 spiro atoms. The van der Waals surface area contributed by atoms with Gasteiger partial charge < -0.3 is 19.5 Å². The Hall–Kier alpha value is -2.54. The molecule has 0 saturated heterocycles. The second kappa shape index (κ2) is 7.83. The zero-order chi connectivity index (χ0) is 17.7. The van der Waals surface area contributed by atoms with Gasteiger partial charge in [-0.05, 0) is 36.4 Å². The number of carbonyl (C=O) groups excluding carboxylic acids is 1. The molecule has 1 amide bonds. The summed E-state index contributed by atoms with van der Waals surface area (Å²) in [6, 6.07) is 8.63. The first-order chi connectivity index (χ1) is 11.4. The van der Waals surface area contributed by atoms with E-state index in [1.54, 1.807) is 12.1 Å². The number of anilines is 1. The molecule has 0 radical (unpaired) electrons. The molecule has 0 unspecified atom stereocenters. The van der Waals surface area contributed by atoms with Crippen molar-refractivity contribution in [2.75, 3.05) is 19.5 Å². The Morgan fingerprint density at radius 1 is 1.04 bits per heavy atom. The molecule has 0 aliphatic carbocycles. The molecule has 2 rings (SSSR count). The number of ether oxygens (including phenoxy) is 3. The summed E-state index contributed by atoms with van der Waals surface area (Å²) in [4.78, 5) is 12.3. The number of carbonyl (C=O) groups is 1. The highest BCUT2D eigenvalue weighted by atomic mass is 35.5. The van der Waals surface area contributed by atoms with Gasteiger partial charge in [0.15, 0.2) is 11.5 Å². The predicted octanol–water partition coefficient (Wildman–Crippen LogP) is 4.21. The molecule has 128 valence electrons. The van der Waals surface area contributed by atoms with E-state index in [9.17, 15) is 13.6 Å². The van der Waals surface area contributed by atoms with Gasteiger partial charge in [-0.1, -0.05) is 11.6 Å². The quantitative estimate of drug-likeness (QED) is 0.841. The predicted molar refractivity (Wildman–Crippen MR) is 85.6 cm³/mol. The van der Waals surface area contributed by atoms with Gasteiger partial charge in [0.1, 0.15) is 5.75 Å². The third-order valence-electron chi connectivity index (χ3n) is 3.05. The maximum absolute atomic E-state index is 12.3. The van der Waals surface area contributed by atoms with E-state index in [4.69, 9.17) is 21.1 Å². The monoisotopic (exact) mass is 357 g/mol. The topological polar surface area (TPSA) is 56.8 Å². The minimum Gasteiger partial charge on any atom is -0.495 e. The largest absolute Gasteiger partial charge is 0.495 e. The molecule has 5 nitrogen and oxygen atoms in total. The van der Waals surface area contributed by atoms with Gasteiger partial charge in [0, 0.05) is 10.6 Å². The number of hydrogen-bond donors (Lipinski definition) is 1. The van der Waals surface area contributed by atoms with Crippen molar-refractivity contribution < 1.29 is 27.8 Å². The lowest BCUT2D eigenvalue weighted by atomic mass is 10.1. The zero-order valence-corrected chi connectivity index (χ0v) is 13.6. The summed E-state index contributed by atoms with van der Waals surface area (Å²) in [5.74, 6) is -0.208. The van der Waals surface area contributed by atoms with Crippen LogP contribution in [0.5, 0.6) is 17.2 Å². The van der Waals surface area contributed by atoms with Crippen molar-refractivity contribution in [1.82, 2.24) is 0 Å². The van der Waals surface area contributed by atoms with Crippen LogP contribution in [-0.4, -0.2) is 26.7 Å². The average molecular weight is 358 g/mol. The maximum Gasteiger partial charge on any atom is 0.387 e. The fraction of sp³-hybridized carbons (Fsp3) is 0.188. The molecular weight excluding hydrogens is 344 g/mol. The van der Waals surface area contributed by atoms with E-state index >= 15 is 0 Å². The van der Waals surface area contributed by atoms with Crippen molar-refractivity contribution in [2.45, 2.75) is 6.61 Å². The van der Waals surface area contributed by atoms with Crippen LogP contribution in [0.15, 0.2) is 36.4 Å². The molecule has 0 fully saturated rings. The Morgan fingerprint density at radius 2 is 1.71 bits per heavy atom. The summed E-state index contributed by atoms with van der Waals surface area (Å²) >= 11 is 5.91. The van der Waals surface area contributed by atoms with Gasteiger partial charge in [-0.25, -0.2) is 0 Å². The second-order valence-corrected chi connectivity index (χ2v) is 4.98. The van der Waals surface area contributed by atoms with Crippen LogP contribution in [-0.2, 0) is 0 Å². The molecule has 0 atom stereocenters. The molecule has 8 heteroatoms. The summed E-state index contributed by atoms with van der Waals surface area (Å²) in [7, 11) is 2.74. The van der Waals surface area contributed by atoms with Crippen LogP contribution in [0.4, 0.5) is 14.5 Å². The summed E-state index contributed by atoms with van der Waals surface area (Å²) in [6.45, 7) is -2.99. The van der Waals surface area contributed by atoms with Crippen LogP contribution in [0, 0.1) is 0 Å². The maximum atomic E-state index is 12.3. The smallest absolute Gasteiger partial charge is 0.387 e. The van der Waals surface area contributed by atoms with Gasteiger partial charge in [-0.2, -0.15) is 8.78 Å². The number of alkyl halides is 2. The lowest BCUT2D eigenvalue weighted by Crippen LogP contribution is -2.13. The van der Waals surface area contributed by atoms with E-state index < -0.39 is 12.5 Å².